The highest BCUT2D eigenvalue weighted by Crippen LogP contribution is 2.21. The molecule has 0 atom stereocenters. The predicted molar refractivity (Wildman–Crippen MR) is 63.7 cm³/mol. The summed E-state index contributed by atoms with van der Waals surface area (Å²) in [5, 5.41) is 37.2. The van der Waals surface area contributed by atoms with Crippen molar-refractivity contribution in [1.82, 2.24) is 0 Å². The molecule has 0 aliphatic rings. The van der Waals surface area contributed by atoms with Crippen LogP contribution in [0, 0.1) is 16.7 Å². The van der Waals surface area contributed by atoms with Gasteiger partial charge in [0.15, 0.2) is 5.84 Å². The van der Waals surface area contributed by atoms with Crippen molar-refractivity contribution in [1.29, 1.82) is 10.7 Å². The Bertz CT molecular complexity index is 573. The van der Waals surface area contributed by atoms with E-state index in [0.717, 1.165) is 6.07 Å². The van der Waals surface area contributed by atoms with Crippen LogP contribution in [-0.4, -0.2) is 27.7 Å². The quantitative estimate of drug-likeness (QED) is 0.223. The molecule has 0 fully saturated rings. The van der Waals surface area contributed by atoms with Gasteiger partial charge in [0.25, 0.3) is 0 Å². The molecule has 0 bridgehead atoms. The minimum atomic E-state index is -1.27. The first kappa shape index (κ1) is 13.0. The summed E-state index contributed by atoms with van der Waals surface area (Å²) in [5.74, 6) is -2.03. The molecule has 18 heavy (non-hydrogen) atoms. The van der Waals surface area contributed by atoms with Crippen LogP contribution in [0.1, 0.15) is 10.4 Å². The number of benzene rings is 1. The number of nitrogens with zero attached hydrogens (tertiary/aromatic N) is 2. The van der Waals surface area contributed by atoms with E-state index < -0.39 is 11.8 Å². The van der Waals surface area contributed by atoms with Gasteiger partial charge in [-0.2, -0.15) is 10.4 Å². The van der Waals surface area contributed by atoms with E-state index in [1.807, 2.05) is 0 Å². The fraction of sp³-hybridized carbons (Fsp3) is 0. The zero-order valence-corrected chi connectivity index (χ0v) is 9.01. The van der Waals surface area contributed by atoms with E-state index >= 15 is 0 Å². The third-order valence-electron chi connectivity index (χ3n) is 1.88. The van der Waals surface area contributed by atoms with Gasteiger partial charge in [-0.3, -0.25) is 10.8 Å². The highest BCUT2D eigenvalue weighted by atomic mass is 16.4. The van der Waals surface area contributed by atoms with Crippen molar-refractivity contribution >= 4 is 23.2 Å². The zero-order chi connectivity index (χ0) is 13.7. The van der Waals surface area contributed by atoms with Crippen LogP contribution in [0.15, 0.2) is 23.3 Å². The minimum Gasteiger partial charge on any atom is -0.508 e. The fourth-order valence-electron chi connectivity index (χ4n) is 1.07. The molecule has 1 aromatic carbocycles. The van der Waals surface area contributed by atoms with Gasteiger partial charge in [0.1, 0.15) is 11.8 Å². The number of carboxylic acids is 1. The summed E-state index contributed by atoms with van der Waals surface area (Å²) in [5.41, 5.74) is 6.84. The second-order valence-corrected chi connectivity index (χ2v) is 3.13. The van der Waals surface area contributed by atoms with Crippen molar-refractivity contribution in [3.63, 3.8) is 0 Å². The Morgan fingerprint density at radius 1 is 1.56 bits per heavy atom. The smallest absolute Gasteiger partial charge is 0.338 e. The monoisotopic (exact) mass is 247 g/mol. The molecule has 0 aliphatic heterocycles. The average molecular weight is 247 g/mol. The molecule has 1 rings (SSSR count). The lowest BCUT2D eigenvalue weighted by Gasteiger charge is -2.05. The summed E-state index contributed by atoms with van der Waals surface area (Å²) >= 11 is 0. The molecule has 1 aromatic rings. The molecule has 0 amide bonds. The number of rotatable bonds is 4. The maximum absolute atomic E-state index is 10.9. The number of hydrazone groups is 1. The first-order valence-electron chi connectivity index (χ1n) is 4.60. The summed E-state index contributed by atoms with van der Waals surface area (Å²) in [7, 11) is 0. The molecule has 6 N–H and O–H groups in total. The SMILES string of the molecule is N#C/C(=N\Nc1ccc(O)cc1C(=O)O)C(=N)N. The van der Waals surface area contributed by atoms with E-state index in [-0.39, 0.29) is 22.7 Å². The Balaban J connectivity index is 3.09. The van der Waals surface area contributed by atoms with Crippen molar-refractivity contribution in [3.8, 4) is 11.8 Å². The van der Waals surface area contributed by atoms with Crippen molar-refractivity contribution in [3.05, 3.63) is 23.8 Å². The molecule has 0 aromatic heterocycles. The highest BCUT2D eigenvalue weighted by Gasteiger charge is 2.11. The van der Waals surface area contributed by atoms with Crippen molar-refractivity contribution in [2.45, 2.75) is 0 Å². The Hall–Kier alpha value is -3.08. The van der Waals surface area contributed by atoms with Gasteiger partial charge in [-0.05, 0) is 18.2 Å². The number of nitrogens with one attached hydrogen (secondary N) is 2. The van der Waals surface area contributed by atoms with E-state index in [0.29, 0.717) is 0 Å². The normalized spacial score (nSPS) is 10.5. The van der Waals surface area contributed by atoms with Gasteiger partial charge in [-0.1, -0.05) is 0 Å². The number of hydrogen-bond acceptors (Lipinski definition) is 6. The molecular formula is C10H9N5O3. The largest absolute Gasteiger partial charge is 0.508 e. The van der Waals surface area contributed by atoms with Crippen molar-refractivity contribution in [2.75, 3.05) is 5.43 Å². The number of anilines is 1. The summed E-state index contributed by atoms with van der Waals surface area (Å²) in [6, 6.07) is 5.13. The lowest BCUT2D eigenvalue weighted by Crippen LogP contribution is -2.22. The van der Waals surface area contributed by atoms with E-state index in [1.165, 1.54) is 12.1 Å². The Kier molecular flexibility index (Phi) is 3.83. The number of phenolic OH excluding ortho intramolecular Hbond substituents is 1. The van der Waals surface area contributed by atoms with Gasteiger partial charge < -0.3 is 15.9 Å². The molecule has 92 valence electrons. The number of hydrogen-bond donors (Lipinski definition) is 5. The Labute approximate surface area is 101 Å². The van der Waals surface area contributed by atoms with Crippen LogP contribution in [-0.2, 0) is 0 Å². The van der Waals surface area contributed by atoms with Gasteiger partial charge in [-0.15, -0.1) is 0 Å². The van der Waals surface area contributed by atoms with Crippen LogP contribution in [0.2, 0.25) is 0 Å². The molecule has 0 radical (unpaired) electrons. The van der Waals surface area contributed by atoms with Crippen LogP contribution < -0.4 is 11.2 Å². The predicted octanol–water partition coefficient (Wildman–Crippen LogP) is 0.318. The van der Waals surface area contributed by atoms with Crippen molar-refractivity contribution in [2.24, 2.45) is 10.8 Å². The molecule has 0 heterocycles. The molecule has 0 aliphatic carbocycles. The van der Waals surface area contributed by atoms with Crippen LogP contribution in [0.25, 0.3) is 0 Å². The average Bonchev–Trinajstić information content (AvgIpc) is 2.30. The lowest BCUT2D eigenvalue weighted by atomic mass is 10.2. The number of amidine groups is 1. The van der Waals surface area contributed by atoms with Crippen LogP contribution in [0.4, 0.5) is 5.69 Å². The van der Waals surface area contributed by atoms with Gasteiger partial charge in [0, 0.05) is 0 Å². The first-order valence-corrected chi connectivity index (χ1v) is 4.60. The van der Waals surface area contributed by atoms with E-state index in [2.05, 4.69) is 10.5 Å². The number of phenols is 1. The van der Waals surface area contributed by atoms with Crippen LogP contribution >= 0.6 is 0 Å². The second kappa shape index (κ2) is 5.31. The summed E-state index contributed by atoms with van der Waals surface area (Å²) in [6.07, 6.45) is 0. The third-order valence-corrected chi connectivity index (χ3v) is 1.88. The lowest BCUT2D eigenvalue weighted by molar-refractivity contribution is 0.0697. The van der Waals surface area contributed by atoms with E-state index in [4.69, 9.17) is 26.6 Å². The molecule has 8 nitrogen and oxygen atoms in total. The third kappa shape index (κ3) is 2.96. The first-order chi connectivity index (χ1) is 8.45. The molecular weight excluding hydrogens is 238 g/mol. The standard InChI is InChI=1S/C10H9N5O3/c11-4-8(9(12)13)15-14-7-2-1-5(16)3-6(7)10(17)18/h1-3,14,16H,(H3,12,13)(H,17,18)/b15-8+. The van der Waals surface area contributed by atoms with Gasteiger partial charge >= 0.3 is 5.97 Å². The van der Waals surface area contributed by atoms with E-state index in [9.17, 15) is 4.79 Å². The Morgan fingerprint density at radius 3 is 2.72 bits per heavy atom. The topological polar surface area (TPSA) is 156 Å². The number of nitriles is 1. The molecule has 0 saturated carbocycles. The van der Waals surface area contributed by atoms with Crippen molar-refractivity contribution < 1.29 is 15.0 Å². The maximum atomic E-state index is 10.9. The van der Waals surface area contributed by atoms with Gasteiger partial charge in [0.05, 0.1) is 11.3 Å². The summed E-state index contributed by atoms with van der Waals surface area (Å²) in [6.45, 7) is 0. The summed E-state index contributed by atoms with van der Waals surface area (Å²) in [4.78, 5) is 10.9. The molecule has 8 heteroatoms. The molecule has 0 spiro atoms. The van der Waals surface area contributed by atoms with Gasteiger partial charge in [-0.25, -0.2) is 4.79 Å². The number of aromatic hydroxyl groups is 1. The number of aromatic carboxylic acids is 1. The number of nitrogens with two attached hydrogens (primary N) is 1. The minimum absolute atomic E-state index is 0.0642. The van der Waals surface area contributed by atoms with E-state index in [1.54, 1.807) is 6.07 Å². The zero-order valence-electron chi connectivity index (χ0n) is 9.01. The highest BCUT2D eigenvalue weighted by molar-refractivity contribution is 6.45. The maximum Gasteiger partial charge on any atom is 0.338 e. The fourth-order valence-corrected chi connectivity index (χ4v) is 1.07. The molecule has 0 unspecified atom stereocenters. The summed E-state index contributed by atoms with van der Waals surface area (Å²) < 4.78 is 0. The number of carboxylic acid groups (broad SMARTS) is 1. The van der Waals surface area contributed by atoms with Gasteiger partial charge in [0.2, 0.25) is 5.71 Å². The second-order valence-electron chi connectivity index (χ2n) is 3.13. The molecule has 0 saturated heterocycles. The van der Waals surface area contributed by atoms with Crippen LogP contribution in [0.5, 0.6) is 5.75 Å². The number of carbonyl (C=O) groups is 1. The Morgan fingerprint density at radius 2 is 2.22 bits per heavy atom. The van der Waals surface area contributed by atoms with Crippen LogP contribution in [0.3, 0.4) is 0 Å².